The van der Waals surface area contributed by atoms with Gasteiger partial charge in [-0.2, -0.15) is 0 Å². The van der Waals surface area contributed by atoms with Gasteiger partial charge in [0.1, 0.15) is 0 Å². The standard InChI is InChI=1S/C15H15IN2O2/c1-2-3-11-4-6-12(7-5-11)17-13-8-9-15(18(19)20)14(16)10-13/h4-10,17H,2-3H2,1H3. The Morgan fingerprint density at radius 2 is 1.80 bits per heavy atom. The summed E-state index contributed by atoms with van der Waals surface area (Å²) in [5.74, 6) is 0. The maximum atomic E-state index is 10.8. The second-order valence-corrected chi connectivity index (χ2v) is 5.66. The third-order valence-electron chi connectivity index (χ3n) is 2.93. The average Bonchev–Trinajstić information content (AvgIpc) is 2.41. The van der Waals surface area contributed by atoms with E-state index in [1.807, 2.05) is 34.7 Å². The molecular formula is C15H15IN2O2. The van der Waals surface area contributed by atoms with Gasteiger partial charge < -0.3 is 5.32 Å². The molecule has 20 heavy (non-hydrogen) atoms. The summed E-state index contributed by atoms with van der Waals surface area (Å²) in [4.78, 5) is 10.4. The molecule has 0 saturated carbocycles. The fourth-order valence-electron chi connectivity index (χ4n) is 1.94. The van der Waals surface area contributed by atoms with Crippen LogP contribution in [0.3, 0.4) is 0 Å². The highest BCUT2D eigenvalue weighted by Gasteiger charge is 2.11. The van der Waals surface area contributed by atoms with Gasteiger partial charge in [-0.05, 0) is 58.8 Å². The molecule has 0 aromatic heterocycles. The fraction of sp³-hybridized carbons (Fsp3) is 0.200. The molecule has 0 unspecified atom stereocenters. The summed E-state index contributed by atoms with van der Waals surface area (Å²) < 4.78 is 0.625. The van der Waals surface area contributed by atoms with E-state index >= 15 is 0 Å². The summed E-state index contributed by atoms with van der Waals surface area (Å²) in [5, 5.41) is 14.0. The highest BCUT2D eigenvalue weighted by molar-refractivity contribution is 14.1. The smallest absolute Gasteiger partial charge is 0.282 e. The number of nitro groups is 1. The van der Waals surface area contributed by atoms with E-state index in [0.29, 0.717) is 3.57 Å². The molecular weight excluding hydrogens is 367 g/mol. The van der Waals surface area contributed by atoms with Crippen LogP contribution in [-0.2, 0) is 6.42 Å². The van der Waals surface area contributed by atoms with Crippen LogP contribution >= 0.6 is 22.6 Å². The molecule has 0 atom stereocenters. The van der Waals surface area contributed by atoms with Crippen molar-refractivity contribution in [2.45, 2.75) is 19.8 Å². The average molecular weight is 382 g/mol. The number of benzene rings is 2. The van der Waals surface area contributed by atoms with Gasteiger partial charge in [0.2, 0.25) is 0 Å². The molecule has 0 radical (unpaired) electrons. The highest BCUT2D eigenvalue weighted by atomic mass is 127. The molecule has 5 heteroatoms. The van der Waals surface area contributed by atoms with Gasteiger partial charge in [0.05, 0.1) is 8.49 Å². The molecule has 0 aliphatic rings. The molecule has 104 valence electrons. The molecule has 0 fully saturated rings. The van der Waals surface area contributed by atoms with Gasteiger partial charge in [-0.15, -0.1) is 0 Å². The molecule has 0 amide bonds. The van der Waals surface area contributed by atoms with E-state index in [4.69, 9.17) is 0 Å². The van der Waals surface area contributed by atoms with Gasteiger partial charge >= 0.3 is 0 Å². The molecule has 1 N–H and O–H groups in total. The Morgan fingerprint density at radius 1 is 1.15 bits per heavy atom. The first-order chi connectivity index (χ1) is 9.60. The third kappa shape index (κ3) is 3.69. The summed E-state index contributed by atoms with van der Waals surface area (Å²) >= 11 is 1.98. The van der Waals surface area contributed by atoms with Crippen LogP contribution < -0.4 is 5.32 Å². The molecule has 0 aliphatic carbocycles. The number of halogens is 1. The van der Waals surface area contributed by atoms with Crippen molar-refractivity contribution in [2.24, 2.45) is 0 Å². The lowest BCUT2D eigenvalue weighted by molar-refractivity contribution is -0.385. The predicted molar refractivity (Wildman–Crippen MR) is 89.5 cm³/mol. The van der Waals surface area contributed by atoms with Gasteiger partial charge in [0.15, 0.2) is 0 Å². The van der Waals surface area contributed by atoms with E-state index in [0.717, 1.165) is 24.2 Å². The van der Waals surface area contributed by atoms with Gasteiger partial charge in [0.25, 0.3) is 5.69 Å². The SMILES string of the molecule is CCCc1ccc(Nc2ccc([N+](=O)[O-])c(I)c2)cc1. The van der Waals surface area contributed by atoms with Gasteiger partial charge in [-0.25, -0.2) is 0 Å². The number of nitrogens with one attached hydrogen (secondary N) is 1. The summed E-state index contributed by atoms with van der Waals surface area (Å²) in [6.45, 7) is 2.16. The first kappa shape index (κ1) is 14.8. The van der Waals surface area contributed by atoms with Crippen LogP contribution in [0.15, 0.2) is 42.5 Å². The molecule has 2 aromatic carbocycles. The van der Waals surface area contributed by atoms with Crippen molar-refractivity contribution in [3.05, 3.63) is 61.7 Å². The second-order valence-electron chi connectivity index (χ2n) is 4.50. The number of aryl methyl sites for hydroxylation is 1. The second kappa shape index (κ2) is 6.69. The summed E-state index contributed by atoms with van der Waals surface area (Å²) in [5.41, 5.74) is 3.28. The van der Waals surface area contributed by atoms with Crippen molar-refractivity contribution in [3.63, 3.8) is 0 Å². The molecule has 0 bridgehead atoms. The highest BCUT2D eigenvalue weighted by Crippen LogP contribution is 2.26. The molecule has 2 aromatic rings. The van der Waals surface area contributed by atoms with E-state index in [9.17, 15) is 10.1 Å². The van der Waals surface area contributed by atoms with E-state index in [2.05, 4.69) is 24.4 Å². The Hall–Kier alpha value is -1.63. The lowest BCUT2D eigenvalue weighted by atomic mass is 10.1. The lowest BCUT2D eigenvalue weighted by Crippen LogP contribution is -1.95. The predicted octanol–water partition coefficient (Wildman–Crippen LogP) is 4.90. The first-order valence-corrected chi connectivity index (χ1v) is 7.48. The number of anilines is 2. The van der Waals surface area contributed by atoms with Crippen molar-refractivity contribution in [3.8, 4) is 0 Å². The van der Waals surface area contributed by atoms with Crippen LogP contribution in [0.1, 0.15) is 18.9 Å². The zero-order chi connectivity index (χ0) is 14.5. The first-order valence-electron chi connectivity index (χ1n) is 6.40. The molecule has 0 aliphatic heterocycles. The third-order valence-corrected chi connectivity index (χ3v) is 3.79. The minimum absolute atomic E-state index is 0.134. The monoisotopic (exact) mass is 382 g/mol. The Bertz CT molecular complexity index is 612. The maximum absolute atomic E-state index is 10.8. The number of hydrogen-bond acceptors (Lipinski definition) is 3. The topological polar surface area (TPSA) is 55.2 Å². The van der Waals surface area contributed by atoms with Crippen LogP contribution in [0.4, 0.5) is 17.1 Å². The van der Waals surface area contributed by atoms with Crippen LogP contribution in [0.2, 0.25) is 0 Å². The molecule has 0 spiro atoms. The van der Waals surface area contributed by atoms with Gasteiger partial charge in [-0.1, -0.05) is 25.5 Å². The van der Waals surface area contributed by atoms with Crippen molar-refractivity contribution >= 4 is 39.7 Å². The van der Waals surface area contributed by atoms with E-state index in [1.54, 1.807) is 12.1 Å². The number of rotatable bonds is 5. The maximum Gasteiger partial charge on any atom is 0.282 e. The Labute approximate surface area is 131 Å². The van der Waals surface area contributed by atoms with Gasteiger partial charge in [0, 0.05) is 17.4 Å². The molecule has 2 rings (SSSR count). The summed E-state index contributed by atoms with van der Waals surface area (Å²) in [6, 6.07) is 13.3. The van der Waals surface area contributed by atoms with Crippen molar-refractivity contribution in [2.75, 3.05) is 5.32 Å². The Kier molecular flexibility index (Phi) is 4.94. The largest absolute Gasteiger partial charge is 0.355 e. The van der Waals surface area contributed by atoms with Crippen LogP contribution in [-0.4, -0.2) is 4.92 Å². The minimum atomic E-state index is -0.370. The van der Waals surface area contributed by atoms with Gasteiger partial charge in [-0.3, -0.25) is 10.1 Å². The number of hydrogen-bond donors (Lipinski definition) is 1. The van der Waals surface area contributed by atoms with E-state index < -0.39 is 0 Å². The molecule has 0 heterocycles. The molecule has 4 nitrogen and oxygen atoms in total. The summed E-state index contributed by atoms with van der Waals surface area (Å²) in [7, 11) is 0. The van der Waals surface area contributed by atoms with Crippen LogP contribution in [0.25, 0.3) is 0 Å². The van der Waals surface area contributed by atoms with E-state index in [1.165, 1.54) is 11.6 Å². The minimum Gasteiger partial charge on any atom is -0.355 e. The van der Waals surface area contributed by atoms with Crippen LogP contribution in [0, 0.1) is 13.7 Å². The Morgan fingerprint density at radius 3 is 2.35 bits per heavy atom. The zero-order valence-electron chi connectivity index (χ0n) is 11.1. The number of nitro benzene ring substituents is 1. The summed E-state index contributed by atoms with van der Waals surface area (Å²) in [6.07, 6.45) is 2.21. The van der Waals surface area contributed by atoms with Crippen molar-refractivity contribution in [1.29, 1.82) is 0 Å². The van der Waals surface area contributed by atoms with Crippen molar-refractivity contribution < 1.29 is 4.92 Å². The zero-order valence-corrected chi connectivity index (χ0v) is 13.3. The number of nitrogens with zero attached hydrogens (tertiary/aromatic N) is 1. The fourth-order valence-corrected chi connectivity index (χ4v) is 2.66. The van der Waals surface area contributed by atoms with Crippen LogP contribution in [0.5, 0.6) is 0 Å². The van der Waals surface area contributed by atoms with E-state index in [-0.39, 0.29) is 10.6 Å². The molecule has 0 saturated heterocycles. The normalized spacial score (nSPS) is 10.3. The Balaban J connectivity index is 2.13. The quantitative estimate of drug-likeness (QED) is 0.455. The lowest BCUT2D eigenvalue weighted by Gasteiger charge is -2.08. The van der Waals surface area contributed by atoms with Crippen molar-refractivity contribution in [1.82, 2.24) is 0 Å².